The van der Waals surface area contributed by atoms with Crippen LogP contribution in [0.5, 0.6) is 0 Å². The minimum Gasteiger partial charge on any atom is -0.355 e. The quantitative estimate of drug-likeness (QED) is 0.643. The molecule has 0 bridgehead atoms. The average molecular weight is 426 g/mol. The van der Waals surface area contributed by atoms with Crippen LogP contribution in [0.2, 0.25) is 0 Å². The van der Waals surface area contributed by atoms with Crippen LogP contribution in [0, 0.1) is 0 Å². The van der Waals surface area contributed by atoms with Crippen molar-refractivity contribution in [2.75, 3.05) is 19.6 Å². The summed E-state index contributed by atoms with van der Waals surface area (Å²) in [6, 6.07) is 12.5. The maximum Gasteiger partial charge on any atom is 0.276 e. The Hall–Kier alpha value is -2.71. The summed E-state index contributed by atoms with van der Waals surface area (Å²) in [6.45, 7) is 2.16. The number of sulfonamides is 1. The maximum atomic E-state index is 13.3. The van der Waals surface area contributed by atoms with Gasteiger partial charge in [0.2, 0.25) is 10.0 Å². The Morgan fingerprint density at radius 2 is 1.73 bits per heavy atom. The fourth-order valence-electron chi connectivity index (χ4n) is 4.30. The number of aromatic nitrogens is 1. The molecular formula is C22H23N3O4S. The van der Waals surface area contributed by atoms with Crippen LogP contribution < -0.4 is 0 Å². The predicted molar refractivity (Wildman–Crippen MR) is 112 cm³/mol. The van der Waals surface area contributed by atoms with Crippen molar-refractivity contribution in [1.82, 2.24) is 14.4 Å². The van der Waals surface area contributed by atoms with Gasteiger partial charge in [0.1, 0.15) is 0 Å². The molecule has 0 aliphatic carbocycles. The molecule has 2 aromatic carbocycles. The molecule has 3 heterocycles. The van der Waals surface area contributed by atoms with Crippen molar-refractivity contribution in [2.45, 2.75) is 37.1 Å². The summed E-state index contributed by atoms with van der Waals surface area (Å²) in [4.78, 5) is 14.8. The van der Waals surface area contributed by atoms with Crippen LogP contribution >= 0.6 is 0 Å². The van der Waals surface area contributed by atoms with Crippen LogP contribution in [-0.4, -0.2) is 48.3 Å². The van der Waals surface area contributed by atoms with E-state index in [-0.39, 0.29) is 16.5 Å². The van der Waals surface area contributed by atoms with Crippen molar-refractivity contribution >= 4 is 26.9 Å². The molecule has 1 saturated heterocycles. The number of fused-ring (bicyclic) bond motifs is 2. The fourth-order valence-corrected chi connectivity index (χ4v) is 5.75. The molecule has 0 spiro atoms. The molecule has 1 fully saturated rings. The SMILES string of the molecule is O=C(c1noc2ccc(S(=O)(=O)N3CCc4ccccc4C3)cc12)N1CCCCC1. The van der Waals surface area contributed by atoms with Gasteiger partial charge in [0.05, 0.1) is 10.3 Å². The second kappa shape index (κ2) is 7.52. The number of hydrogen-bond donors (Lipinski definition) is 0. The highest BCUT2D eigenvalue weighted by Gasteiger charge is 2.30. The lowest BCUT2D eigenvalue weighted by Crippen LogP contribution is -2.36. The fraction of sp³-hybridized carbons (Fsp3) is 0.364. The normalized spacial score (nSPS) is 17.8. The van der Waals surface area contributed by atoms with E-state index in [2.05, 4.69) is 5.16 Å². The molecule has 1 amide bonds. The second-order valence-corrected chi connectivity index (χ2v) is 9.84. The van der Waals surface area contributed by atoms with Gasteiger partial charge in [-0.1, -0.05) is 29.4 Å². The maximum absolute atomic E-state index is 13.3. The van der Waals surface area contributed by atoms with E-state index in [4.69, 9.17) is 4.52 Å². The third-order valence-corrected chi connectivity index (χ3v) is 7.86. The van der Waals surface area contributed by atoms with Crippen LogP contribution in [0.15, 0.2) is 51.9 Å². The van der Waals surface area contributed by atoms with E-state index >= 15 is 0 Å². The van der Waals surface area contributed by atoms with Gasteiger partial charge in [-0.25, -0.2) is 8.42 Å². The Balaban J connectivity index is 1.48. The van der Waals surface area contributed by atoms with Gasteiger partial charge in [-0.05, 0) is 55.0 Å². The van der Waals surface area contributed by atoms with Crippen molar-refractivity contribution < 1.29 is 17.7 Å². The first-order valence-corrected chi connectivity index (χ1v) is 11.7. The lowest BCUT2D eigenvalue weighted by molar-refractivity contribution is 0.0716. The van der Waals surface area contributed by atoms with E-state index < -0.39 is 10.0 Å². The number of benzene rings is 2. The van der Waals surface area contributed by atoms with E-state index in [1.807, 2.05) is 24.3 Å². The summed E-state index contributed by atoms with van der Waals surface area (Å²) in [7, 11) is -3.70. The standard InChI is InChI=1S/C22H23N3O4S/c26-22(24-11-4-1-5-12-24)21-19-14-18(8-9-20(19)29-23-21)30(27,28)25-13-10-16-6-2-3-7-17(16)15-25/h2-3,6-9,14H,1,4-5,10-13,15H2. The van der Waals surface area contributed by atoms with Gasteiger partial charge in [-0.2, -0.15) is 4.31 Å². The molecule has 0 atom stereocenters. The zero-order valence-electron chi connectivity index (χ0n) is 16.6. The van der Waals surface area contributed by atoms with Crippen molar-refractivity contribution in [2.24, 2.45) is 0 Å². The zero-order valence-corrected chi connectivity index (χ0v) is 17.4. The van der Waals surface area contributed by atoms with Gasteiger partial charge in [-0.15, -0.1) is 0 Å². The zero-order chi connectivity index (χ0) is 20.7. The van der Waals surface area contributed by atoms with E-state index in [9.17, 15) is 13.2 Å². The summed E-state index contributed by atoms with van der Waals surface area (Å²) in [5, 5.41) is 4.41. The Bertz CT molecular complexity index is 1210. The number of piperidine rings is 1. The van der Waals surface area contributed by atoms with Crippen LogP contribution in [0.4, 0.5) is 0 Å². The topological polar surface area (TPSA) is 83.7 Å². The molecule has 30 heavy (non-hydrogen) atoms. The van der Waals surface area contributed by atoms with Gasteiger partial charge in [0.15, 0.2) is 11.3 Å². The van der Waals surface area contributed by atoms with E-state index in [0.717, 1.165) is 24.8 Å². The van der Waals surface area contributed by atoms with Crippen molar-refractivity contribution in [3.05, 3.63) is 59.3 Å². The summed E-state index contributed by atoms with van der Waals surface area (Å²) >= 11 is 0. The third kappa shape index (κ3) is 3.30. The summed E-state index contributed by atoms with van der Waals surface area (Å²) in [5.74, 6) is -0.199. The highest BCUT2D eigenvalue weighted by atomic mass is 32.2. The minimum absolute atomic E-state index is 0.158. The number of nitrogens with zero attached hydrogens (tertiary/aromatic N) is 3. The first-order chi connectivity index (χ1) is 14.5. The van der Waals surface area contributed by atoms with E-state index in [1.54, 1.807) is 11.0 Å². The highest BCUT2D eigenvalue weighted by Crippen LogP contribution is 2.29. The monoisotopic (exact) mass is 425 g/mol. The van der Waals surface area contributed by atoms with Crippen molar-refractivity contribution in [1.29, 1.82) is 0 Å². The Morgan fingerprint density at radius 1 is 0.967 bits per heavy atom. The molecule has 156 valence electrons. The largest absolute Gasteiger partial charge is 0.355 e. The number of carbonyl (C=O) groups is 1. The van der Waals surface area contributed by atoms with Crippen LogP contribution in [0.3, 0.4) is 0 Å². The highest BCUT2D eigenvalue weighted by molar-refractivity contribution is 7.89. The molecule has 8 heteroatoms. The number of carbonyl (C=O) groups excluding carboxylic acids is 1. The lowest BCUT2D eigenvalue weighted by atomic mass is 10.0. The summed E-state index contributed by atoms with van der Waals surface area (Å²) < 4.78 is 33.5. The molecule has 0 unspecified atom stereocenters. The molecule has 0 N–H and O–H groups in total. The van der Waals surface area contributed by atoms with Crippen LogP contribution in [-0.2, 0) is 23.0 Å². The minimum atomic E-state index is -3.70. The van der Waals surface area contributed by atoms with Gasteiger partial charge in [-0.3, -0.25) is 4.79 Å². The van der Waals surface area contributed by atoms with Crippen molar-refractivity contribution in [3.63, 3.8) is 0 Å². The Morgan fingerprint density at radius 3 is 2.53 bits per heavy atom. The Labute approximate surface area is 175 Å². The van der Waals surface area contributed by atoms with Gasteiger partial charge in [0, 0.05) is 26.2 Å². The first-order valence-electron chi connectivity index (χ1n) is 10.3. The van der Waals surface area contributed by atoms with Crippen molar-refractivity contribution in [3.8, 4) is 0 Å². The molecule has 0 saturated carbocycles. The molecule has 0 radical (unpaired) electrons. The predicted octanol–water partition coefficient (Wildman–Crippen LogP) is 3.20. The molecule has 5 rings (SSSR count). The first kappa shape index (κ1) is 19.3. The smallest absolute Gasteiger partial charge is 0.276 e. The average Bonchev–Trinajstić information content (AvgIpc) is 3.22. The third-order valence-electron chi connectivity index (χ3n) is 6.02. The molecule has 3 aromatic rings. The Kier molecular flexibility index (Phi) is 4.83. The molecule has 7 nitrogen and oxygen atoms in total. The van der Waals surface area contributed by atoms with Gasteiger partial charge < -0.3 is 9.42 Å². The molecular weight excluding hydrogens is 402 g/mol. The summed E-state index contributed by atoms with van der Waals surface area (Å²) in [6.07, 6.45) is 3.74. The number of likely N-dealkylation sites (tertiary alicyclic amines) is 1. The lowest BCUT2D eigenvalue weighted by Gasteiger charge is -2.28. The van der Waals surface area contributed by atoms with Crippen LogP contribution in [0.1, 0.15) is 40.9 Å². The number of hydrogen-bond acceptors (Lipinski definition) is 5. The van der Waals surface area contributed by atoms with Crippen LogP contribution in [0.25, 0.3) is 11.0 Å². The summed E-state index contributed by atoms with van der Waals surface area (Å²) in [5.41, 5.74) is 2.82. The van der Waals surface area contributed by atoms with E-state index in [0.29, 0.717) is 43.6 Å². The molecule has 1 aromatic heterocycles. The molecule has 2 aliphatic heterocycles. The van der Waals surface area contributed by atoms with Gasteiger partial charge >= 0.3 is 0 Å². The second-order valence-electron chi connectivity index (χ2n) is 7.90. The van der Waals surface area contributed by atoms with Gasteiger partial charge in [0.25, 0.3) is 5.91 Å². The molecule has 2 aliphatic rings. The number of amides is 1. The number of rotatable bonds is 3. The van der Waals surface area contributed by atoms with E-state index in [1.165, 1.54) is 22.0 Å².